The van der Waals surface area contributed by atoms with Crippen molar-refractivity contribution in [3.63, 3.8) is 0 Å². The van der Waals surface area contributed by atoms with Crippen LogP contribution in [0.5, 0.6) is 5.75 Å². The number of nitrogens with two attached hydrogens (primary N) is 1. The van der Waals surface area contributed by atoms with Crippen molar-refractivity contribution >= 4 is 11.8 Å². The number of hydrogen-bond acceptors (Lipinski definition) is 5. The van der Waals surface area contributed by atoms with Gasteiger partial charge in [0.15, 0.2) is 0 Å². The van der Waals surface area contributed by atoms with Gasteiger partial charge in [0, 0.05) is 32.7 Å². The predicted octanol–water partition coefficient (Wildman–Crippen LogP) is 2.33. The summed E-state index contributed by atoms with van der Waals surface area (Å²) in [6.07, 6.45) is -0.231. The van der Waals surface area contributed by atoms with E-state index in [1.165, 1.54) is 0 Å². The van der Waals surface area contributed by atoms with E-state index >= 15 is 0 Å². The molecule has 128 valence electrons. The lowest BCUT2D eigenvalue weighted by Gasteiger charge is -2.35. The highest BCUT2D eigenvalue weighted by atomic mass is 16.6. The van der Waals surface area contributed by atoms with Gasteiger partial charge in [-0.15, -0.1) is 0 Å². The highest BCUT2D eigenvalue weighted by Crippen LogP contribution is 2.23. The Morgan fingerprint density at radius 3 is 2.39 bits per heavy atom. The molecule has 0 bridgehead atoms. The molecule has 0 radical (unpaired) electrons. The molecule has 6 nitrogen and oxygen atoms in total. The molecule has 0 saturated carbocycles. The molecular weight excluding hydrogens is 294 g/mol. The third kappa shape index (κ3) is 5.03. The number of carbonyl (C=O) groups is 1. The van der Waals surface area contributed by atoms with Gasteiger partial charge in [0.05, 0.1) is 12.8 Å². The van der Waals surface area contributed by atoms with Gasteiger partial charge >= 0.3 is 6.09 Å². The molecule has 0 atom stereocenters. The second kappa shape index (κ2) is 7.08. The second-order valence-electron chi connectivity index (χ2n) is 6.82. The van der Waals surface area contributed by atoms with Crippen molar-refractivity contribution in [1.82, 2.24) is 9.80 Å². The Labute approximate surface area is 138 Å². The highest BCUT2D eigenvalue weighted by molar-refractivity contribution is 5.68. The zero-order chi connectivity index (χ0) is 17.0. The summed E-state index contributed by atoms with van der Waals surface area (Å²) in [4.78, 5) is 16.1. The fourth-order valence-corrected chi connectivity index (χ4v) is 2.56. The van der Waals surface area contributed by atoms with E-state index in [2.05, 4.69) is 4.90 Å². The Morgan fingerprint density at radius 1 is 1.22 bits per heavy atom. The van der Waals surface area contributed by atoms with Crippen LogP contribution < -0.4 is 10.5 Å². The molecule has 0 unspecified atom stereocenters. The summed E-state index contributed by atoms with van der Waals surface area (Å²) in [6.45, 7) is 9.48. The lowest BCUT2D eigenvalue weighted by molar-refractivity contribution is 0.0139. The van der Waals surface area contributed by atoms with E-state index < -0.39 is 5.60 Å². The van der Waals surface area contributed by atoms with Gasteiger partial charge in [0.25, 0.3) is 0 Å². The van der Waals surface area contributed by atoms with Gasteiger partial charge in [-0.25, -0.2) is 4.79 Å². The summed E-state index contributed by atoms with van der Waals surface area (Å²) in [7, 11) is 1.61. The summed E-state index contributed by atoms with van der Waals surface area (Å²) in [5.74, 6) is 0.698. The van der Waals surface area contributed by atoms with E-state index in [4.69, 9.17) is 15.2 Å². The van der Waals surface area contributed by atoms with E-state index in [0.29, 0.717) is 24.5 Å². The number of amides is 1. The number of hydrogen-bond donors (Lipinski definition) is 1. The van der Waals surface area contributed by atoms with Crippen LogP contribution >= 0.6 is 0 Å². The van der Waals surface area contributed by atoms with Crippen molar-refractivity contribution in [3.8, 4) is 5.75 Å². The number of ether oxygens (including phenoxy) is 2. The summed E-state index contributed by atoms with van der Waals surface area (Å²) < 4.78 is 10.6. The molecule has 1 aliphatic heterocycles. The van der Waals surface area contributed by atoms with Crippen molar-refractivity contribution in [3.05, 3.63) is 23.8 Å². The Bertz CT molecular complexity index is 547. The first-order valence-electron chi connectivity index (χ1n) is 7.91. The first-order valence-corrected chi connectivity index (χ1v) is 7.91. The number of methoxy groups -OCH3 is 1. The largest absolute Gasteiger partial charge is 0.495 e. The minimum absolute atomic E-state index is 0.231. The van der Waals surface area contributed by atoms with Gasteiger partial charge in [-0.1, -0.05) is 6.07 Å². The van der Waals surface area contributed by atoms with Gasteiger partial charge in [0.2, 0.25) is 0 Å². The molecule has 2 N–H and O–H groups in total. The number of nitrogens with zero attached hydrogens (tertiary/aromatic N) is 2. The second-order valence-corrected chi connectivity index (χ2v) is 6.82. The fourth-order valence-electron chi connectivity index (χ4n) is 2.56. The Kier molecular flexibility index (Phi) is 5.36. The third-order valence-electron chi connectivity index (χ3n) is 3.72. The van der Waals surface area contributed by atoms with Crippen LogP contribution in [0.4, 0.5) is 10.5 Å². The smallest absolute Gasteiger partial charge is 0.410 e. The minimum atomic E-state index is -0.450. The van der Waals surface area contributed by atoms with Crippen molar-refractivity contribution in [1.29, 1.82) is 0 Å². The fraction of sp³-hybridized carbons (Fsp3) is 0.588. The summed E-state index contributed by atoms with van der Waals surface area (Å²) >= 11 is 0. The summed E-state index contributed by atoms with van der Waals surface area (Å²) in [5, 5.41) is 0. The normalized spacial score (nSPS) is 16.3. The Balaban J connectivity index is 1.85. The molecule has 1 fully saturated rings. The van der Waals surface area contributed by atoms with E-state index in [0.717, 1.165) is 25.2 Å². The van der Waals surface area contributed by atoms with Crippen molar-refractivity contribution in [2.75, 3.05) is 39.0 Å². The topological polar surface area (TPSA) is 68.0 Å². The minimum Gasteiger partial charge on any atom is -0.495 e. The molecule has 0 spiro atoms. The number of piperazine rings is 1. The SMILES string of the molecule is COc1ccc(CN2CCN(C(=O)OC(C)(C)C)CC2)cc1N. The number of carbonyl (C=O) groups excluding carboxylic acids is 1. The molecule has 6 heteroatoms. The molecule has 1 aromatic rings. The van der Waals surface area contributed by atoms with Crippen LogP contribution in [0.25, 0.3) is 0 Å². The third-order valence-corrected chi connectivity index (χ3v) is 3.72. The average Bonchev–Trinajstić information content (AvgIpc) is 2.46. The molecule has 2 rings (SSSR count). The lowest BCUT2D eigenvalue weighted by atomic mass is 10.1. The molecule has 1 saturated heterocycles. The van der Waals surface area contributed by atoms with Gasteiger partial charge in [0.1, 0.15) is 11.4 Å². The first-order chi connectivity index (χ1) is 10.8. The number of anilines is 1. The van der Waals surface area contributed by atoms with Crippen LogP contribution in [0.15, 0.2) is 18.2 Å². The molecule has 1 aliphatic rings. The van der Waals surface area contributed by atoms with Crippen LogP contribution in [0.1, 0.15) is 26.3 Å². The number of nitrogen functional groups attached to an aromatic ring is 1. The monoisotopic (exact) mass is 321 g/mol. The van der Waals surface area contributed by atoms with Crippen LogP contribution in [-0.2, 0) is 11.3 Å². The molecule has 1 heterocycles. The number of benzene rings is 1. The first kappa shape index (κ1) is 17.4. The molecule has 23 heavy (non-hydrogen) atoms. The Hall–Kier alpha value is -1.95. The van der Waals surface area contributed by atoms with E-state index in [1.807, 2.05) is 39.0 Å². The zero-order valence-corrected chi connectivity index (χ0v) is 14.5. The maximum atomic E-state index is 12.0. The van der Waals surface area contributed by atoms with Crippen LogP contribution in [0.2, 0.25) is 0 Å². The molecule has 0 aromatic heterocycles. The van der Waals surface area contributed by atoms with Crippen LogP contribution in [0, 0.1) is 0 Å². The summed E-state index contributed by atoms with van der Waals surface area (Å²) in [5.41, 5.74) is 7.29. The van der Waals surface area contributed by atoms with E-state index in [-0.39, 0.29) is 6.09 Å². The van der Waals surface area contributed by atoms with Crippen molar-refractivity contribution in [2.45, 2.75) is 32.9 Å². The van der Waals surface area contributed by atoms with Crippen LogP contribution in [0.3, 0.4) is 0 Å². The van der Waals surface area contributed by atoms with Gasteiger partial charge < -0.3 is 20.1 Å². The molecule has 1 amide bonds. The maximum absolute atomic E-state index is 12.0. The highest BCUT2D eigenvalue weighted by Gasteiger charge is 2.25. The Morgan fingerprint density at radius 2 is 1.87 bits per heavy atom. The average molecular weight is 321 g/mol. The molecular formula is C17H27N3O3. The predicted molar refractivity (Wildman–Crippen MR) is 90.5 cm³/mol. The molecule has 0 aliphatic carbocycles. The van der Waals surface area contributed by atoms with E-state index in [9.17, 15) is 4.79 Å². The van der Waals surface area contributed by atoms with Crippen molar-refractivity contribution < 1.29 is 14.3 Å². The molecule has 1 aromatic carbocycles. The quantitative estimate of drug-likeness (QED) is 0.866. The number of rotatable bonds is 3. The van der Waals surface area contributed by atoms with Gasteiger partial charge in [-0.2, -0.15) is 0 Å². The van der Waals surface area contributed by atoms with E-state index in [1.54, 1.807) is 12.0 Å². The van der Waals surface area contributed by atoms with Gasteiger partial charge in [-0.3, -0.25) is 4.90 Å². The maximum Gasteiger partial charge on any atom is 0.410 e. The lowest BCUT2D eigenvalue weighted by Crippen LogP contribution is -2.49. The standard InChI is InChI=1S/C17H27N3O3/c1-17(2,3)23-16(21)20-9-7-19(8-10-20)12-13-5-6-15(22-4)14(18)11-13/h5-6,11H,7-10,12,18H2,1-4H3. The van der Waals surface area contributed by atoms with Gasteiger partial charge in [-0.05, 0) is 38.5 Å². The zero-order valence-electron chi connectivity index (χ0n) is 14.5. The van der Waals surface area contributed by atoms with Crippen molar-refractivity contribution in [2.24, 2.45) is 0 Å². The summed E-state index contributed by atoms with van der Waals surface area (Å²) in [6, 6.07) is 5.86. The van der Waals surface area contributed by atoms with Crippen LogP contribution in [-0.4, -0.2) is 54.8 Å².